The molecule has 134 valence electrons. The van der Waals surface area contributed by atoms with Gasteiger partial charge in [0.1, 0.15) is 0 Å². The Bertz CT molecular complexity index is 1070. The summed E-state index contributed by atoms with van der Waals surface area (Å²) in [5.74, 6) is 1.63. The van der Waals surface area contributed by atoms with Gasteiger partial charge in [0, 0.05) is 24.7 Å². The molecule has 0 aliphatic carbocycles. The summed E-state index contributed by atoms with van der Waals surface area (Å²) in [6.07, 6.45) is 0. The van der Waals surface area contributed by atoms with Gasteiger partial charge in [-0.1, -0.05) is 46.7 Å². The fourth-order valence-electron chi connectivity index (χ4n) is 2.98. The van der Waals surface area contributed by atoms with Crippen LogP contribution in [0, 0.1) is 0 Å². The van der Waals surface area contributed by atoms with Crippen LogP contribution >= 0.6 is 11.3 Å². The molecule has 7 nitrogen and oxygen atoms in total. The Morgan fingerprint density at radius 3 is 2.70 bits per heavy atom. The molecule has 8 heteroatoms. The lowest BCUT2D eigenvalue weighted by Gasteiger charge is -2.36. The Hall–Kier alpha value is -3.26. The third-order valence-electron chi connectivity index (χ3n) is 4.49. The van der Waals surface area contributed by atoms with Gasteiger partial charge in [-0.25, -0.2) is 0 Å². The minimum absolute atomic E-state index is 0.0515. The molecule has 27 heavy (non-hydrogen) atoms. The third-order valence-corrected chi connectivity index (χ3v) is 5.35. The van der Waals surface area contributed by atoms with Gasteiger partial charge in [-0.2, -0.15) is 4.98 Å². The van der Waals surface area contributed by atoms with E-state index >= 15 is 0 Å². The number of benzene rings is 1. The lowest BCUT2D eigenvalue weighted by molar-refractivity contribution is 0.0559. The van der Waals surface area contributed by atoms with E-state index in [9.17, 15) is 4.79 Å². The molecule has 1 saturated heterocycles. The van der Waals surface area contributed by atoms with Crippen LogP contribution in [-0.4, -0.2) is 39.2 Å². The van der Waals surface area contributed by atoms with Gasteiger partial charge in [0.15, 0.2) is 11.5 Å². The zero-order valence-electron chi connectivity index (χ0n) is 14.1. The third kappa shape index (κ3) is 2.93. The number of likely N-dealkylation sites (tertiary alicyclic amines) is 1. The average molecular weight is 378 g/mol. The lowest BCUT2D eigenvalue weighted by atomic mass is 9.99. The highest BCUT2D eigenvalue weighted by molar-refractivity contribution is 7.13. The molecule has 3 aromatic heterocycles. The van der Waals surface area contributed by atoms with Crippen molar-refractivity contribution in [3.8, 4) is 22.0 Å². The minimum atomic E-state index is -0.157. The average Bonchev–Trinajstić information content (AvgIpc) is 3.41. The largest absolute Gasteiger partial charge is 0.355 e. The van der Waals surface area contributed by atoms with E-state index in [4.69, 9.17) is 9.05 Å². The quantitative estimate of drug-likeness (QED) is 0.538. The first-order chi connectivity index (χ1) is 13.3. The molecule has 1 aliphatic rings. The van der Waals surface area contributed by atoms with Gasteiger partial charge >= 0.3 is 0 Å². The Labute approximate surface area is 158 Å². The number of nitrogens with zero attached hydrogens (tertiary/aromatic N) is 4. The van der Waals surface area contributed by atoms with Crippen LogP contribution < -0.4 is 0 Å². The van der Waals surface area contributed by atoms with Crippen molar-refractivity contribution in [2.24, 2.45) is 0 Å². The molecule has 0 N–H and O–H groups in total. The molecule has 0 radical (unpaired) electrons. The zero-order chi connectivity index (χ0) is 18.2. The first-order valence-corrected chi connectivity index (χ1v) is 9.35. The smallest absolute Gasteiger partial charge is 0.276 e. The molecule has 0 atom stereocenters. The number of carbonyl (C=O) groups excluding carboxylic acids is 1. The van der Waals surface area contributed by atoms with Gasteiger partial charge in [-0.3, -0.25) is 4.79 Å². The van der Waals surface area contributed by atoms with Crippen LogP contribution in [0.2, 0.25) is 0 Å². The van der Waals surface area contributed by atoms with Crippen LogP contribution in [0.25, 0.3) is 22.0 Å². The maximum atomic E-state index is 12.6. The normalized spacial score (nSPS) is 14.3. The first kappa shape index (κ1) is 16.0. The van der Waals surface area contributed by atoms with Crippen LogP contribution in [0.1, 0.15) is 22.3 Å². The van der Waals surface area contributed by atoms with Crippen molar-refractivity contribution in [2.75, 3.05) is 13.1 Å². The molecule has 1 aliphatic heterocycles. The van der Waals surface area contributed by atoms with E-state index in [1.807, 2.05) is 47.8 Å². The van der Waals surface area contributed by atoms with Crippen molar-refractivity contribution in [1.82, 2.24) is 20.2 Å². The van der Waals surface area contributed by atoms with Crippen molar-refractivity contribution in [2.45, 2.75) is 5.92 Å². The standard InChI is InChI=1S/C19H14N4O3S/c24-19(14-9-15(25-21-14)12-5-2-1-3-6-12)23-10-13(11-23)18-20-17(22-26-18)16-7-4-8-27-16/h1-9,13H,10-11H2. The summed E-state index contributed by atoms with van der Waals surface area (Å²) in [7, 11) is 0. The van der Waals surface area contributed by atoms with Gasteiger partial charge in [-0.15, -0.1) is 11.3 Å². The predicted molar refractivity (Wildman–Crippen MR) is 98.2 cm³/mol. The predicted octanol–water partition coefficient (Wildman–Crippen LogP) is 3.69. The highest BCUT2D eigenvalue weighted by atomic mass is 32.1. The Morgan fingerprint density at radius 2 is 1.93 bits per heavy atom. The monoisotopic (exact) mass is 378 g/mol. The molecule has 4 heterocycles. The van der Waals surface area contributed by atoms with Gasteiger partial charge in [-0.05, 0) is 11.4 Å². The maximum absolute atomic E-state index is 12.6. The van der Waals surface area contributed by atoms with Crippen LogP contribution in [0.5, 0.6) is 0 Å². The molecule has 5 rings (SSSR count). The highest BCUT2D eigenvalue weighted by Crippen LogP contribution is 2.30. The maximum Gasteiger partial charge on any atom is 0.276 e. The number of thiophene rings is 1. The molecule has 1 fully saturated rings. The molecule has 0 bridgehead atoms. The molecule has 1 aromatic carbocycles. The Kier molecular flexibility index (Phi) is 3.83. The number of hydrogen-bond donors (Lipinski definition) is 0. The second-order valence-electron chi connectivity index (χ2n) is 6.28. The van der Waals surface area contributed by atoms with Crippen LogP contribution in [-0.2, 0) is 0 Å². The number of aromatic nitrogens is 3. The van der Waals surface area contributed by atoms with Gasteiger partial charge < -0.3 is 13.9 Å². The second-order valence-corrected chi connectivity index (χ2v) is 7.23. The van der Waals surface area contributed by atoms with E-state index in [2.05, 4.69) is 15.3 Å². The van der Waals surface area contributed by atoms with Crippen LogP contribution in [0.4, 0.5) is 0 Å². The van der Waals surface area contributed by atoms with Crippen molar-refractivity contribution < 1.29 is 13.8 Å². The van der Waals surface area contributed by atoms with Crippen molar-refractivity contribution in [1.29, 1.82) is 0 Å². The highest BCUT2D eigenvalue weighted by Gasteiger charge is 2.37. The summed E-state index contributed by atoms with van der Waals surface area (Å²) >= 11 is 1.56. The van der Waals surface area contributed by atoms with Gasteiger partial charge in [0.2, 0.25) is 11.7 Å². The molecule has 4 aromatic rings. The number of carbonyl (C=O) groups is 1. The van der Waals surface area contributed by atoms with E-state index in [1.54, 1.807) is 22.3 Å². The number of hydrogen-bond acceptors (Lipinski definition) is 7. The number of amides is 1. The fourth-order valence-corrected chi connectivity index (χ4v) is 3.63. The van der Waals surface area contributed by atoms with Crippen molar-refractivity contribution >= 4 is 17.2 Å². The molecular weight excluding hydrogens is 364 g/mol. The van der Waals surface area contributed by atoms with E-state index in [0.29, 0.717) is 36.3 Å². The summed E-state index contributed by atoms with van der Waals surface area (Å²) in [5, 5.41) is 9.90. The van der Waals surface area contributed by atoms with E-state index in [0.717, 1.165) is 10.4 Å². The molecular formula is C19H14N4O3S. The summed E-state index contributed by atoms with van der Waals surface area (Å²) in [6, 6.07) is 15.1. The SMILES string of the molecule is O=C(c1cc(-c2ccccc2)on1)N1CC(c2nc(-c3cccs3)no2)C1. The summed E-state index contributed by atoms with van der Waals surface area (Å²) in [5.41, 5.74) is 1.19. The lowest BCUT2D eigenvalue weighted by Crippen LogP contribution is -2.48. The topological polar surface area (TPSA) is 85.3 Å². The Balaban J connectivity index is 1.25. The molecule has 0 spiro atoms. The van der Waals surface area contributed by atoms with E-state index in [-0.39, 0.29) is 11.8 Å². The summed E-state index contributed by atoms with van der Waals surface area (Å²) in [4.78, 5) is 19.7. The number of rotatable bonds is 4. The van der Waals surface area contributed by atoms with Gasteiger partial charge in [0.25, 0.3) is 5.91 Å². The van der Waals surface area contributed by atoms with E-state index in [1.165, 1.54) is 0 Å². The van der Waals surface area contributed by atoms with Crippen molar-refractivity contribution in [3.63, 3.8) is 0 Å². The van der Waals surface area contributed by atoms with Gasteiger partial charge in [0.05, 0.1) is 10.8 Å². The molecule has 1 amide bonds. The Morgan fingerprint density at radius 1 is 1.07 bits per heavy atom. The minimum Gasteiger partial charge on any atom is -0.355 e. The molecule has 0 unspecified atom stereocenters. The van der Waals surface area contributed by atoms with Crippen LogP contribution in [0.15, 0.2) is 63.0 Å². The summed E-state index contributed by atoms with van der Waals surface area (Å²) in [6.45, 7) is 1.05. The summed E-state index contributed by atoms with van der Waals surface area (Å²) < 4.78 is 10.7. The van der Waals surface area contributed by atoms with E-state index < -0.39 is 0 Å². The zero-order valence-corrected chi connectivity index (χ0v) is 14.9. The second kappa shape index (κ2) is 6.48. The first-order valence-electron chi connectivity index (χ1n) is 8.47. The van der Waals surface area contributed by atoms with Crippen molar-refractivity contribution in [3.05, 3.63) is 65.5 Å². The molecule has 0 saturated carbocycles. The van der Waals surface area contributed by atoms with Crippen LogP contribution in [0.3, 0.4) is 0 Å². The fraction of sp³-hybridized carbons (Fsp3) is 0.158.